The molecule has 10 heteroatoms. The van der Waals surface area contributed by atoms with Gasteiger partial charge in [0.05, 0.1) is 12.9 Å². The summed E-state index contributed by atoms with van der Waals surface area (Å²) in [5.41, 5.74) is 1.49. The van der Waals surface area contributed by atoms with Gasteiger partial charge in [0.25, 0.3) is 0 Å². The Morgan fingerprint density at radius 2 is 1.89 bits per heavy atom. The van der Waals surface area contributed by atoms with Crippen molar-refractivity contribution in [3.63, 3.8) is 0 Å². The topological polar surface area (TPSA) is 139 Å². The van der Waals surface area contributed by atoms with Gasteiger partial charge in [-0.2, -0.15) is 4.73 Å². The maximum absolute atomic E-state index is 10.2. The van der Waals surface area contributed by atoms with Crippen molar-refractivity contribution in [3.8, 4) is 0 Å². The number of fused-ring (bicyclic) bond motifs is 1. The van der Waals surface area contributed by atoms with Gasteiger partial charge < -0.3 is 24.9 Å². The smallest absolute Gasteiger partial charge is 0.192 e. The van der Waals surface area contributed by atoms with Gasteiger partial charge in [-0.05, 0) is 5.56 Å². The summed E-state index contributed by atoms with van der Waals surface area (Å²) in [6.45, 7) is -0.161. The Labute approximate surface area is 153 Å². The van der Waals surface area contributed by atoms with Crippen LogP contribution in [0.4, 0.5) is 0 Å². The van der Waals surface area contributed by atoms with Gasteiger partial charge >= 0.3 is 0 Å². The number of nitrogens with one attached hydrogen (secondary N) is 1. The summed E-state index contributed by atoms with van der Waals surface area (Å²) < 4.78 is 8.14. The molecule has 2 aromatic heterocycles. The van der Waals surface area contributed by atoms with E-state index in [0.29, 0.717) is 5.65 Å². The SMILES string of the molecule is N=c1c2ncn(C3OC(CO)C(O)C3O)c2ncn1OCc1ccccc1. The summed E-state index contributed by atoms with van der Waals surface area (Å²) >= 11 is 0. The molecule has 0 radical (unpaired) electrons. The molecule has 4 rings (SSSR count). The molecule has 1 aromatic carbocycles. The van der Waals surface area contributed by atoms with Gasteiger partial charge in [-0.15, -0.1) is 0 Å². The van der Waals surface area contributed by atoms with Crippen LogP contribution in [-0.2, 0) is 11.3 Å². The molecule has 142 valence electrons. The van der Waals surface area contributed by atoms with Gasteiger partial charge in [-0.25, -0.2) is 9.97 Å². The third-order valence-electron chi connectivity index (χ3n) is 4.50. The Morgan fingerprint density at radius 3 is 2.59 bits per heavy atom. The van der Waals surface area contributed by atoms with Crippen LogP contribution in [0.15, 0.2) is 43.0 Å². The van der Waals surface area contributed by atoms with Crippen LogP contribution in [0.3, 0.4) is 0 Å². The van der Waals surface area contributed by atoms with E-state index in [0.717, 1.165) is 5.56 Å². The fourth-order valence-electron chi connectivity index (χ4n) is 3.03. The summed E-state index contributed by atoms with van der Waals surface area (Å²) in [5.74, 6) is 0. The number of hydrogen-bond acceptors (Lipinski definition) is 8. The van der Waals surface area contributed by atoms with Crippen molar-refractivity contribution in [2.45, 2.75) is 31.1 Å². The molecule has 0 aliphatic carbocycles. The van der Waals surface area contributed by atoms with Gasteiger partial charge in [0.1, 0.15) is 31.2 Å². The lowest BCUT2D eigenvalue weighted by atomic mass is 10.1. The Bertz CT molecular complexity index is 988. The average Bonchev–Trinajstić information content (AvgIpc) is 3.24. The molecule has 0 amide bonds. The highest BCUT2D eigenvalue weighted by Gasteiger charge is 2.43. The van der Waals surface area contributed by atoms with Gasteiger partial charge in [-0.3, -0.25) is 9.98 Å². The Balaban J connectivity index is 1.61. The molecule has 1 aliphatic rings. The fourth-order valence-corrected chi connectivity index (χ4v) is 3.03. The quantitative estimate of drug-likeness (QED) is 0.448. The first-order valence-electron chi connectivity index (χ1n) is 8.38. The third-order valence-corrected chi connectivity index (χ3v) is 4.50. The highest BCUT2D eigenvalue weighted by atomic mass is 16.7. The first-order valence-corrected chi connectivity index (χ1v) is 8.38. The fraction of sp³-hybridized carbons (Fsp3) is 0.353. The Morgan fingerprint density at radius 1 is 1.11 bits per heavy atom. The molecule has 3 aromatic rings. The largest absolute Gasteiger partial charge is 0.406 e. The van der Waals surface area contributed by atoms with Crippen LogP contribution in [0, 0.1) is 5.41 Å². The summed E-state index contributed by atoms with van der Waals surface area (Å²) in [6.07, 6.45) is -1.63. The number of aliphatic hydroxyl groups is 3. The van der Waals surface area contributed by atoms with E-state index in [4.69, 9.17) is 15.0 Å². The summed E-state index contributed by atoms with van der Waals surface area (Å²) in [4.78, 5) is 14.0. The summed E-state index contributed by atoms with van der Waals surface area (Å²) in [6, 6.07) is 9.52. The molecular formula is C17H19N5O5. The van der Waals surface area contributed by atoms with E-state index in [1.54, 1.807) is 0 Å². The van der Waals surface area contributed by atoms with E-state index in [1.807, 2.05) is 30.3 Å². The standard InChI is InChI=1S/C17H19N5O5/c18-15-12-16(20-9-22(15)26-7-10-4-2-1-3-5-10)21(8-19-12)17-14(25)13(24)11(6-23)27-17/h1-5,8-9,11,13-14,17-18,23-25H,6-7H2. The van der Waals surface area contributed by atoms with Crippen molar-refractivity contribution in [1.82, 2.24) is 19.3 Å². The molecule has 1 aliphatic heterocycles. The highest BCUT2D eigenvalue weighted by molar-refractivity contribution is 5.68. The predicted molar refractivity (Wildman–Crippen MR) is 91.1 cm³/mol. The van der Waals surface area contributed by atoms with E-state index in [2.05, 4.69) is 9.97 Å². The second kappa shape index (κ2) is 7.08. The number of hydrogen-bond donors (Lipinski definition) is 4. The summed E-state index contributed by atoms with van der Waals surface area (Å²) in [7, 11) is 0. The van der Waals surface area contributed by atoms with Gasteiger partial charge in [-0.1, -0.05) is 30.3 Å². The number of imidazole rings is 1. The minimum absolute atomic E-state index is 0.0126. The van der Waals surface area contributed by atoms with Crippen LogP contribution < -0.4 is 10.3 Å². The normalized spacial score (nSPS) is 25.1. The summed E-state index contributed by atoms with van der Waals surface area (Å²) in [5, 5.41) is 37.6. The van der Waals surface area contributed by atoms with Crippen LogP contribution >= 0.6 is 0 Å². The lowest BCUT2D eigenvalue weighted by molar-refractivity contribution is -0.0511. The second-order valence-electron chi connectivity index (χ2n) is 6.23. The second-order valence-corrected chi connectivity index (χ2v) is 6.23. The van der Waals surface area contributed by atoms with E-state index in [-0.39, 0.29) is 17.6 Å². The monoisotopic (exact) mass is 373 g/mol. The van der Waals surface area contributed by atoms with Crippen molar-refractivity contribution in [2.24, 2.45) is 0 Å². The maximum atomic E-state index is 10.2. The zero-order chi connectivity index (χ0) is 19.0. The van der Waals surface area contributed by atoms with Crippen molar-refractivity contribution in [2.75, 3.05) is 6.61 Å². The molecule has 0 bridgehead atoms. The third kappa shape index (κ3) is 3.08. The average molecular weight is 373 g/mol. The number of nitrogens with zero attached hydrogens (tertiary/aromatic N) is 4. The highest BCUT2D eigenvalue weighted by Crippen LogP contribution is 2.30. The molecule has 1 saturated heterocycles. The van der Waals surface area contributed by atoms with E-state index in [1.165, 1.54) is 22.0 Å². The molecule has 27 heavy (non-hydrogen) atoms. The van der Waals surface area contributed by atoms with Crippen LogP contribution in [0.2, 0.25) is 0 Å². The molecule has 10 nitrogen and oxygen atoms in total. The molecule has 4 atom stereocenters. The number of aliphatic hydroxyl groups excluding tert-OH is 3. The van der Waals surface area contributed by atoms with Crippen molar-refractivity contribution >= 4 is 11.2 Å². The maximum Gasteiger partial charge on any atom is 0.192 e. The number of ether oxygens (including phenoxy) is 1. The lowest BCUT2D eigenvalue weighted by Gasteiger charge is -2.16. The van der Waals surface area contributed by atoms with E-state index >= 15 is 0 Å². The van der Waals surface area contributed by atoms with Crippen molar-refractivity contribution in [1.29, 1.82) is 5.41 Å². The number of aromatic nitrogens is 4. The zero-order valence-electron chi connectivity index (χ0n) is 14.2. The van der Waals surface area contributed by atoms with E-state index in [9.17, 15) is 15.3 Å². The van der Waals surface area contributed by atoms with Gasteiger partial charge in [0.2, 0.25) is 0 Å². The molecule has 4 N–H and O–H groups in total. The minimum atomic E-state index is -1.25. The van der Waals surface area contributed by atoms with Crippen molar-refractivity contribution in [3.05, 3.63) is 54.0 Å². The molecule has 0 spiro atoms. The van der Waals surface area contributed by atoms with E-state index < -0.39 is 31.1 Å². The lowest BCUT2D eigenvalue weighted by Crippen LogP contribution is -2.33. The van der Waals surface area contributed by atoms with Crippen LogP contribution in [0.25, 0.3) is 11.2 Å². The molecule has 1 fully saturated rings. The molecule has 4 unspecified atom stereocenters. The van der Waals surface area contributed by atoms with Gasteiger partial charge in [0.15, 0.2) is 22.9 Å². The molecular weight excluding hydrogens is 354 g/mol. The first kappa shape index (κ1) is 17.6. The predicted octanol–water partition coefficient (Wildman–Crippen LogP) is -1.05. The Kier molecular flexibility index (Phi) is 4.62. The van der Waals surface area contributed by atoms with Crippen LogP contribution in [0.5, 0.6) is 0 Å². The molecule has 3 heterocycles. The number of rotatable bonds is 5. The first-order chi connectivity index (χ1) is 13.1. The van der Waals surface area contributed by atoms with Crippen LogP contribution in [0.1, 0.15) is 11.8 Å². The molecule has 0 saturated carbocycles. The van der Waals surface area contributed by atoms with Crippen molar-refractivity contribution < 1.29 is 24.9 Å². The van der Waals surface area contributed by atoms with Gasteiger partial charge in [0, 0.05) is 0 Å². The van der Waals surface area contributed by atoms with Crippen LogP contribution in [-0.4, -0.2) is 59.5 Å². The zero-order valence-corrected chi connectivity index (χ0v) is 14.2. The minimum Gasteiger partial charge on any atom is -0.406 e. The Hall–Kier alpha value is -2.79. The number of benzene rings is 1.